The molecule has 0 bridgehead atoms. The molecule has 0 aliphatic heterocycles. The molecule has 2 rings (SSSR count). The van der Waals surface area contributed by atoms with Gasteiger partial charge in [-0.05, 0) is 35.4 Å². The van der Waals surface area contributed by atoms with Crippen molar-refractivity contribution in [2.24, 2.45) is 5.73 Å². The van der Waals surface area contributed by atoms with Gasteiger partial charge in [-0.1, -0.05) is 24.3 Å². The van der Waals surface area contributed by atoms with Crippen molar-refractivity contribution in [2.45, 2.75) is 13.0 Å². The zero-order valence-corrected chi connectivity index (χ0v) is 11.0. The quantitative estimate of drug-likeness (QED) is 0.891. The summed E-state index contributed by atoms with van der Waals surface area (Å²) in [6.45, 7) is 0.461. The lowest BCUT2D eigenvalue weighted by atomic mass is 10.1. The Balaban J connectivity index is 2.05. The molecule has 20 heavy (non-hydrogen) atoms. The molecule has 0 spiro atoms. The van der Waals surface area contributed by atoms with Crippen molar-refractivity contribution >= 4 is 11.6 Å². The van der Waals surface area contributed by atoms with E-state index in [2.05, 4.69) is 11.4 Å². The predicted molar refractivity (Wildman–Crippen MR) is 78.0 cm³/mol. The Morgan fingerprint density at radius 1 is 1.05 bits per heavy atom. The zero-order chi connectivity index (χ0) is 14.4. The molecule has 4 nitrogen and oxygen atoms in total. The van der Waals surface area contributed by atoms with E-state index in [9.17, 15) is 4.79 Å². The van der Waals surface area contributed by atoms with E-state index in [-0.39, 0.29) is 5.91 Å². The van der Waals surface area contributed by atoms with Gasteiger partial charge in [0.1, 0.15) is 0 Å². The number of rotatable bonds is 4. The van der Waals surface area contributed by atoms with Crippen molar-refractivity contribution in [2.75, 3.05) is 5.32 Å². The van der Waals surface area contributed by atoms with E-state index < -0.39 is 0 Å². The second-order valence-corrected chi connectivity index (χ2v) is 4.39. The van der Waals surface area contributed by atoms with Gasteiger partial charge in [-0.25, -0.2) is 0 Å². The highest BCUT2D eigenvalue weighted by Crippen LogP contribution is 2.12. The van der Waals surface area contributed by atoms with Crippen LogP contribution in [0.5, 0.6) is 0 Å². The van der Waals surface area contributed by atoms with Crippen LogP contribution in [-0.4, -0.2) is 5.91 Å². The average molecular weight is 265 g/mol. The largest absolute Gasteiger partial charge is 0.326 e. The fraction of sp³-hybridized carbons (Fsp3) is 0.125. The van der Waals surface area contributed by atoms with Crippen LogP contribution in [0, 0.1) is 11.3 Å². The van der Waals surface area contributed by atoms with Gasteiger partial charge >= 0.3 is 0 Å². The summed E-state index contributed by atoms with van der Waals surface area (Å²) in [5, 5.41) is 11.4. The first-order valence-electron chi connectivity index (χ1n) is 6.29. The summed E-state index contributed by atoms with van der Waals surface area (Å²) in [6.07, 6.45) is 0.370. The van der Waals surface area contributed by atoms with Crippen LogP contribution in [0.4, 0.5) is 5.69 Å². The summed E-state index contributed by atoms with van der Waals surface area (Å²) in [5.74, 6) is -0.165. The summed E-state index contributed by atoms with van der Waals surface area (Å²) in [5.41, 5.74) is 8.73. The molecule has 4 heteroatoms. The van der Waals surface area contributed by atoms with Gasteiger partial charge in [-0.15, -0.1) is 0 Å². The lowest BCUT2D eigenvalue weighted by Crippen LogP contribution is -2.12. The molecule has 0 heterocycles. The van der Waals surface area contributed by atoms with E-state index in [1.165, 1.54) is 0 Å². The van der Waals surface area contributed by atoms with E-state index in [4.69, 9.17) is 11.0 Å². The van der Waals surface area contributed by atoms with Crippen molar-refractivity contribution in [3.63, 3.8) is 0 Å². The van der Waals surface area contributed by atoms with Crippen LogP contribution in [0.15, 0.2) is 48.5 Å². The average Bonchev–Trinajstić information content (AvgIpc) is 2.49. The Morgan fingerprint density at radius 3 is 2.20 bits per heavy atom. The maximum atomic E-state index is 12.0. The molecule has 100 valence electrons. The van der Waals surface area contributed by atoms with E-state index in [1.807, 2.05) is 24.3 Å². The van der Waals surface area contributed by atoms with Crippen molar-refractivity contribution < 1.29 is 4.79 Å². The van der Waals surface area contributed by atoms with Crippen molar-refractivity contribution in [1.82, 2.24) is 0 Å². The van der Waals surface area contributed by atoms with Crippen LogP contribution in [0.2, 0.25) is 0 Å². The Bertz CT molecular complexity index is 624. The second kappa shape index (κ2) is 6.50. The monoisotopic (exact) mass is 265 g/mol. The molecule has 0 unspecified atom stereocenters. The maximum absolute atomic E-state index is 12.0. The molecule has 0 radical (unpaired) electrons. The number of hydrogen-bond donors (Lipinski definition) is 2. The highest BCUT2D eigenvalue weighted by atomic mass is 16.1. The normalized spacial score (nSPS) is 9.80. The Kier molecular flexibility index (Phi) is 4.48. The topological polar surface area (TPSA) is 78.9 Å². The SMILES string of the molecule is N#CCc1ccc(NC(=O)c2ccc(CN)cc2)cc1. The number of carbonyl (C=O) groups is 1. The second-order valence-electron chi connectivity index (χ2n) is 4.39. The minimum Gasteiger partial charge on any atom is -0.326 e. The van der Waals surface area contributed by atoms with Crippen LogP contribution in [-0.2, 0) is 13.0 Å². The van der Waals surface area contributed by atoms with E-state index in [1.54, 1.807) is 24.3 Å². The van der Waals surface area contributed by atoms with E-state index in [0.717, 1.165) is 11.1 Å². The molecule has 0 saturated carbocycles. The van der Waals surface area contributed by atoms with Crippen molar-refractivity contribution in [3.8, 4) is 6.07 Å². The van der Waals surface area contributed by atoms with Crippen molar-refractivity contribution in [3.05, 3.63) is 65.2 Å². The Hall–Kier alpha value is -2.64. The first kappa shape index (κ1) is 13.8. The summed E-state index contributed by atoms with van der Waals surface area (Å²) < 4.78 is 0. The van der Waals surface area contributed by atoms with E-state index >= 15 is 0 Å². The predicted octanol–water partition coefficient (Wildman–Crippen LogP) is 2.46. The summed E-state index contributed by atoms with van der Waals surface area (Å²) in [6, 6.07) is 16.5. The van der Waals surface area contributed by atoms with Gasteiger partial charge in [0.05, 0.1) is 12.5 Å². The smallest absolute Gasteiger partial charge is 0.255 e. The van der Waals surface area contributed by atoms with Gasteiger partial charge in [0, 0.05) is 17.8 Å². The molecule has 0 aliphatic rings. The zero-order valence-electron chi connectivity index (χ0n) is 11.0. The van der Waals surface area contributed by atoms with Crippen molar-refractivity contribution in [1.29, 1.82) is 5.26 Å². The number of amides is 1. The molecule has 0 aromatic heterocycles. The fourth-order valence-corrected chi connectivity index (χ4v) is 1.79. The number of anilines is 1. The standard InChI is InChI=1S/C16H15N3O/c17-10-9-12-3-7-15(8-4-12)19-16(20)14-5-1-13(11-18)2-6-14/h1-8H,9,11,18H2,(H,19,20). The lowest BCUT2D eigenvalue weighted by Gasteiger charge is -2.06. The lowest BCUT2D eigenvalue weighted by molar-refractivity contribution is 0.102. The minimum absolute atomic E-state index is 0.165. The Labute approximate surface area is 117 Å². The summed E-state index contributed by atoms with van der Waals surface area (Å²) in [7, 11) is 0. The van der Waals surface area contributed by atoms with Gasteiger partial charge in [-0.2, -0.15) is 5.26 Å². The molecule has 2 aromatic carbocycles. The summed E-state index contributed by atoms with van der Waals surface area (Å²) in [4.78, 5) is 12.0. The van der Waals surface area contributed by atoms with Gasteiger partial charge in [0.15, 0.2) is 0 Å². The molecular formula is C16H15N3O. The van der Waals surface area contributed by atoms with Crippen LogP contribution in [0.25, 0.3) is 0 Å². The molecule has 0 saturated heterocycles. The number of benzene rings is 2. The Morgan fingerprint density at radius 2 is 1.65 bits per heavy atom. The molecular weight excluding hydrogens is 250 g/mol. The van der Waals surface area contributed by atoms with Crippen LogP contribution in [0.3, 0.4) is 0 Å². The minimum atomic E-state index is -0.165. The third kappa shape index (κ3) is 3.44. The third-order valence-corrected chi connectivity index (χ3v) is 2.95. The van der Waals surface area contributed by atoms with Crippen LogP contribution in [0.1, 0.15) is 21.5 Å². The summed E-state index contributed by atoms with van der Waals surface area (Å²) >= 11 is 0. The molecule has 3 N–H and O–H groups in total. The van der Waals surface area contributed by atoms with Gasteiger partial charge in [0.25, 0.3) is 5.91 Å². The molecule has 1 amide bonds. The number of nitrogens with zero attached hydrogens (tertiary/aromatic N) is 1. The van der Waals surface area contributed by atoms with Gasteiger partial charge < -0.3 is 11.1 Å². The number of nitriles is 1. The van der Waals surface area contributed by atoms with Crippen LogP contribution < -0.4 is 11.1 Å². The first-order chi connectivity index (χ1) is 9.72. The molecule has 2 aromatic rings. The number of nitrogens with one attached hydrogen (secondary N) is 1. The highest BCUT2D eigenvalue weighted by molar-refractivity contribution is 6.04. The van der Waals surface area contributed by atoms with Gasteiger partial charge in [0.2, 0.25) is 0 Å². The fourth-order valence-electron chi connectivity index (χ4n) is 1.79. The first-order valence-corrected chi connectivity index (χ1v) is 6.29. The number of nitrogens with two attached hydrogens (primary N) is 1. The van der Waals surface area contributed by atoms with Gasteiger partial charge in [-0.3, -0.25) is 4.79 Å². The number of carbonyl (C=O) groups excluding carboxylic acids is 1. The highest BCUT2D eigenvalue weighted by Gasteiger charge is 2.05. The third-order valence-electron chi connectivity index (χ3n) is 2.95. The molecule has 0 fully saturated rings. The number of hydrogen-bond acceptors (Lipinski definition) is 3. The maximum Gasteiger partial charge on any atom is 0.255 e. The van der Waals surface area contributed by atoms with Crippen LogP contribution >= 0.6 is 0 Å². The van der Waals surface area contributed by atoms with E-state index in [0.29, 0.717) is 24.2 Å². The molecule has 0 aliphatic carbocycles. The molecule has 0 atom stereocenters.